The Morgan fingerprint density at radius 1 is 1.19 bits per heavy atom. The molecule has 11 heteroatoms. The first kappa shape index (κ1) is 19.9. The first-order chi connectivity index (χ1) is 12.1. The fourth-order valence-electron chi connectivity index (χ4n) is 2.14. The second kappa shape index (κ2) is 7.48. The van der Waals surface area contributed by atoms with Gasteiger partial charge in [-0.2, -0.15) is 13.2 Å². The quantitative estimate of drug-likeness (QED) is 0.517. The van der Waals surface area contributed by atoms with Gasteiger partial charge in [-0.25, -0.2) is 18.6 Å². The molecule has 0 fully saturated rings. The third-order valence-electron chi connectivity index (χ3n) is 3.49. The molecule has 3 N–H and O–H groups in total. The van der Waals surface area contributed by atoms with Crippen LogP contribution in [-0.4, -0.2) is 19.5 Å². The molecule has 0 aliphatic carbocycles. The number of alkyl halides is 3. The Hall–Kier alpha value is -2.37. The van der Waals surface area contributed by atoms with Crippen LogP contribution in [0.25, 0.3) is 0 Å². The van der Waals surface area contributed by atoms with Gasteiger partial charge in [-0.05, 0) is 42.8 Å². The highest BCUT2D eigenvalue weighted by atomic mass is 32.2. The first-order valence-electron chi connectivity index (χ1n) is 7.32. The Labute approximate surface area is 146 Å². The van der Waals surface area contributed by atoms with Crippen molar-refractivity contribution < 1.29 is 36.0 Å². The number of carbonyl (C=O) groups excluding carboxylic acids is 1. The van der Waals surface area contributed by atoms with Gasteiger partial charge in [-0.1, -0.05) is 6.92 Å². The summed E-state index contributed by atoms with van der Waals surface area (Å²) in [4.78, 5) is 10.9. The van der Waals surface area contributed by atoms with Gasteiger partial charge in [0, 0.05) is 0 Å². The number of amides is 1. The number of benzene rings is 1. The smallest absolute Gasteiger partial charge is 0.416 e. The standard InChI is InChI=1S/C15H15F3N2O5S/c1-2-11(12-7-8-13(25-12)14(21)19-22)20-26(23,24)10-5-3-9(4-6-10)15(16,17)18/h3-8,11,20,22H,2H2,1H3,(H,19,21)/t11-/m1/s1. The lowest BCUT2D eigenvalue weighted by Crippen LogP contribution is -2.28. The van der Waals surface area contributed by atoms with Crippen molar-refractivity contribution in [1.82, 2.24) is 10.2 Å². The summed E-state index contributed by atoms with van der Waals surface area (Å²) in [5, 5.41) is 8.56. The third-order valence-corrected chi connectivity index (χ3v) is 4.98. The predicted molar refractivity (Wildman–Crippen MR) is 82.8 cm³/mol. The topological polar surface area (TPSA) is 109 Å². The molecule has 1 aromatic carbocycles. The number of nitrogens with one attached hydrogen (secondary N) is 2. The van der Waals surface area contributed by atoms with Crippen molar-refractivity contribution >= 4 is 15.9 Å². The molecular weight excluding hydrogens is 377 g/mol. The second-order valence-electron chi connectivity index (χ2n) is 5.25. The molecule has 1 aromatic heterocycles. The van der Waals surface area contributed by atoms with Gasteiger partial charge < -0.3 is 4.42 Å². The van der Waals surface area contributed by atoms with Gasteiger partial charge in [0.1, 0.15) is 5.76 Å². The summed E-state index contributed by atoms with van der Waals surface area (Å²) in [6.07, 6.45) is -4.33. The van der Waals surface area contributed by atoms with Gasteiger partial charge in [0.15, 0.2) is 5.76 Å². The molecule has 0 bridgehead atoms. The van der Waals surface area contributed by atoms with Crippen LogP contribution in [0.3, 0.4) is 0 Å². The van der Waals surface area contributed by atoms with Gasteiger partial charge >= 0.3 is 12.1 Å². The Bertz CT molecular complexity index is 875. The Morgan fingerprint density at radius 2 is 1.81 bits per heavy atom. The van der Waals surface area contributed by atoms with Crippen molar-refractivity contribution in [3.05, 3.63) is 53.5 Å². The van der Waals surface area contributed by atoms with E-state index in [0.29, 0.717) is 12.1 Å². The highest BCUT2D eigenvalue weighted by molar-refractivity contribution is 7.89. The van der Waals surface area contributed by atoms with Gasteiger partial charge in [0.2, 0.25) is 10.0 Å². The summed E-state index contributed by atoms with van der Waals surface area (Å²) in [7, 11) is -4.13. The van der Waals surface area contributed by atoms with E-state index in [2.05, 4.69) is 4.72 Å². The number of rotatable bonds is 6. The number of carbonyl (C=O) groups is 1. The number of hydrogen-bond acceptors (Lipinski definition) is 5. The molecule has 0 radical (unpaired) electrons. The summed E-state index contributed by atoms with van der Waals surface area (Å²) in [6.45, 7) is 1.65. The van der Waals surface area contributed by atoms with Crippen molar-refractivity contribution in [3.8, 4) is 0 Å². The lowest BCUT2D eigenvalue weighted by Gasteiger charge is -2.15. The molecule has 0 saturated heterocycles. The molecule has 0 spiro atoms. The molecule has 2 aromatic rings. The zero-order chi connectivity index (χ0) is 19.5. The van der Waals surface area contributed by atoms with E-state index in [1.54, 1.807) is 6.92 Å². The van der Waals surface area contributed by atoms with Crippen LogP contribution in [0.15, 0.2) is 45.7 Å². The van der Waals surface area contributed by atoms with Crippen molar-refractivity contribution in [2.75, 3.05) is 0 Å². The van der Waals surface area contributed by atoms with E-state index in [0.717, 1.165) is 12.1 Å². The maximum atomic E-state index is 12.6. The molecule has 1 heterocycles. The lowest BCUT2D eigenvalue weighted by atomic mass is 10.2. The van der Waals surface area contributed by atoms with E-state index in [9.17, 15) is 26.4 Å². The Balaban J connectivity index is 2.23. The Kier molecular flexibility index (Phi) is 5.74. The minimum absolute atomic E-state index is 0.113. The maximum absolute atomic E-state index is 12.6. The zero-order valence-electron chi connectivity index (χ0n) is 13.4. The summed E-state index contributed by atoms with van der Waals surface area (Å²) >= 11 is 0. The maximum Gasteiger partial charge on any atom is 0.416 e. The van der Waals surface area contributed by atoms with E-state index in [4.69, 9.17) is 9.62 Å². The minimum atomic E-state index is -4.57. The minimum Gasteiger partial charge on any atom is -0.454 e. The van der Waals surface area contributed by atoms with Crippen LogP contribution in [0.5, 0.6) is 0 Å². The predicted octanol–water partition coefficient (Wildman–Crippen LogP) is 2.85. The van der Waals surface area contributed by atoms with E-state index >= 15 is 0 Å². The largest absolute Gasteiger partial charge is 0.454 e. The summed E-state index contributed by atoms with van der Waals surface area (Å²) in [6, 6.07) is 4.79. The molecular formula is C15H15F3N2O5S. The number of furan rings is 1. The molecule has 26 heavy (non-hydrogen) atoms. The first-order valence-corrected chi connectivity index (χ1v) is 8.80. The van der Waals surface area contributed by atoms with E-state index in [1.165, 1.54) is 17.6 Å². The summed E-state index contributed by atoms with van der Waals surface area (Å²) in [5.41, 5.74) is 0.416. The molecule has 7 nitrogen and oxygen atoms in total. The van der Waals surface area contributed by atoms with Gasteiger partial charge in [0.25, 0.3) is 0 Å². The Morgan fingerprint density at radius 3 is 2.31 bits per heavy atom. The van der Waals surface area contributed by atoms with Gasteiger partial charge in [-0.15, -0.1) is 0 Å². The normalized spacial score (nSPS) is 13.4. The monoisotopic (exact) mass is 392 g/mol. The van der Waals surface area contributed by atoms with E-state index < -0.39 is 33.7 Å². The fourth-order valence-corrected chi connectivity index (χ4v) is 3.43. The average molecular weight is 392 g/mol. The van der Waals surface area contributed by atoms with Crippen LogP contribution in [0, 0.1) is 0 Å². The summed E-state index contributed by atoms with van der Waals surface area (Å²) < 4.78 is 70.0. The van der Waals surface area contributed by atoms with Crippen molar-refractivity contribution in [1.29, 1.82) is 0 Å². The zero-order valence-corrected chi connectivity index (χ0v) is 14.2. The van der Waals surface area contributed by atoms with Crippen molar-refractivity contribution in [2.45, 2.75) is 30.5 Å². The highest BCUT2D eigenvalue weighted by Crippen LogP contribution is 2.30. The van der Waals surface area contributed by atoms with Crippen LogP contribution in [0.1, 0.15) is 41.3 Å². The number of sulfonamides is 1. The number of hydroxylamine groups is 1. The van der Waals surface area contributed by atoms with E-state index in [1.807, 2.05) is 0 Å². The SMILES string of the molecule is CC[C@@H](NS(=O)(=O)c1ccc(C(F)(F)F)cc1)c1ccc(C(=O)NO)o1. The molecule has 0 aliphatic rings. The third kappa shape index (κ3) is 4.42. The van der Waals surface area contributed by atoms with Crippen molar-refractivity contribution in [2.24, 2.45) is 0 Å². The van der Waals surface area contributed by atoms with E-state index in [-0.39, 0.29) is 22.8 Å². The second-order valence-corrected chi connectivity index (χ2v) is 6.96. The molecule has 1 atom stereocenters. The van der Waals surface area contributed by atoms with Crippen LogP contribution in [0.4, 0.5) is 13.2 Å². The molecule has 142 valence electrons. The molecule has 0 saturated carbocycles. The fraction of sp³-hybridized carbons (Fsp3) is 0.267. The van der Waals surface area contributed by atoms with Gasteiger partial charge in [-0.3, -0.25) is 10.0 Å². The highest BCUT2D eigenvalue weighted by Gasteiger charge is 2.31. The van der Waals surface area contributed by atoms with Gasteiger partial charge in [0.05, 0.1) is 16.5 Å². The molecule has 0 unspecified atom stereocenters. The molecule has 2 rings (SSSR count). The molecule has 0 aliphatic heterocycles. The molecule has 1 amide bonds. The van der Waals surface area contributed by atoms with Crippen molar-refractivity contribution in [3.63, 3.8) is 0 Å². The average Bonchev–Trinajstić information content (AvgIpc) is 3.08. The van der Waals surface area contributed by atoms with Crippen LogP contribution in [-0.2, 0) is 16.2 Å². The number of halogens is 3. The lowest BCUT2D eigenvalue weighted by molar-refractivity contribution is -0.137. The van der Waals surface area contributed by atoms with Crippen LogP contribution >= 0.6 is 0 Å². The van der Waals surface area contributed by atoms with Crippen LogP contribution < -0.4 is 10.2 Å². The number of hydrogen-bond donors (Lipinski definition) is 3. The summed E-state index contributed by atoms with van der Waals surface area (Å²) in [5.74, 6) is -1.02. The van der Waals surface area contributed by atoms with Crippen LogP contribution in [0.2, 0.25) is 0 Å².